The molecule has 0 bridgehead atoms. The van der Waals surface area contributed by atoms with Crippen molar-refractivity contribution in [2.24, 2.45) is 0 Å². The molecule has 1 aromatic heterocycles. The summed E-state index contributed by atoms with van der Waals surface area (Å²) in [5.41, 5.74) is 1.36. The lowest BCUT2D eigenvalue weighted by molar-refractivity contribution is -0.127. The highest BCUT2D eigenvalue weighted by atomic mass is 16.5. The Hall–Kier alpha value is -2.90. The average Bonchev–Trinajstić information content (AvgIpc) is 2.94. The number of nitrogens with zero attached hydrogens (tertiary/aromatic N) is 4. The van der Waals surface area contributed by atoms with Crippen molar-refractivity contribution in [2.45, 2.75) is 19.9 Å². The Morgan fingerprint density at radius 1 is 1.21 bits per heavy atom. The average molecular weight is 331 g/mol. The normalized spacial score (nSPS) is 10.3. The molecule has 0 atom stereocenters. The van der Waals surface area contributed by atoms with Gasteiger partial charge in [-0.25, -0.2) is 4.79 Å². The number of benzene rings is 1. The highest BCUT2D eigenvalue weighted by molar-refractivity contribution is 5.91. The summed E-state index contributed by atoms with van der Waals surface area (Å²) in [5, 5.41) is 6.50. The van der Waals surface area contributed by atoms with Crippen LogP contribution in [0.4, 0.5) is 10.5 Å². The van der Waals surface area contributed by atoms with Gasteiger partial charge in [-0.3, -0.25) is 4.79 Å². The number of aromatic nitrogens is 2. The molecule has 24 heavy (non-hydrogen) atoms. The summed E-state index contributed by atoms with van der Waals surface area (Å²) < 4.78 is 5.01. The number of hydrogen-bond donors (Lipinski definition) is 1. The topological polar surface area (TPSA) is 91.6 Å². The summed E-state index contributed by atoms with van der Waals surface area (Å²) in [4.78, 5) is 31.2. The second-order valence-electron chi connectivity index (χ2n) is 5.64. The Bertz CT molecular complexity index is 726. The third kappa shape index (κ3) is 4.55. The third-order valence-electron chi connectivity index (χ3n) is 3.39. The van der Waals surface area contributed by atoms with E-state index in [-0.39, 0.29) is 24.9 Å². The van der Waals surface area contributed by atoms with Gasteiger partial charge in [0.1, 0.15) is 6.54 Å². The van der Waals surface area contributed by atoms with E-state index in [0.717, 1.165) is 5.56 Å². The van der Waals surface area contributed by atoms with Crippen molar-refractivity contribution in [3.8, 4) is 0 Å². The van der Waals surface area contributed by atoms with E-state index in [9.17, 15) is 9.59 Å². The number of urea groups is 1. The van der Waals surface area contributed by atoms with E-state index in [1.165, 1.54) is 9.80 Å². The van der Waals surface area contributed by atoms with E-state index < -0.39 is 0 Å². The molecule has 2 aromatic rings. The van der Waals surface area contributed by atoms with Crippen LogP contribution in [-0.4, -0.2) is 53.0 Å². The first-order valence-electron chi connectivity index (χ1n) is 7.46. The Kier molecular flexibility index (Phi) is 5.51. The monoisotopic (exact) mass is 331 g/mol. The fourth-order valence-electron chi connectivity index (χ4n) is 2.01. The number of likely N-dealkylation sites (N-methyl/N-ethyl adjacent to an activating group) is 1. The molecule has 0 aliphatic rings. The molecule has 0 saturated heterocycles. The number of anilines is 1. The summed E-state index contributed by atoms with van der Waals surface area (Å²) >= 11 is 0. The van der Waals surface area contributed by atoms with Crippen molar-refractivity contribution < 1.29 is 14.1 Å². The fraction of sp³-hybridized carbons (Fsp3) is 0.375. The maximum absolute atomic E-state index is 12.3. The summed E-state index contributed by atoms with van der Waals surface area (Å²) in [6.45, 7) is 1.91. The largest absolute Gasteiger partial charge is 0.349 e. The zero-order valence-electron chi connectivity index (χ0n) is 14.2. The lowest BCUT2D eigenvalue weighted by Crippen LogP contribution is -2.31. The molecule has 8 nitrogen and oxygen atoms in total. The zero-order chi connectivity index (χ0) is 17.7. The maximum atomic E-state index is 12.3. The Labute approximate surface area is 140 Å². The van der Waals surface area contributed by atoms with Gasteiger partial charge in [0, 0.05) is 26.8 Å². The molecule has 0 saturated carbocycles. The van der Waals surface area contributed by atoms with Crippen LogP contribution in [-0.2, 0) is 17.8 Å². The first-order chi connectivity index (χ1) is 11.4. The summed E-state index contributed by atoms with van der Waals surface area (Å²) in [6.07, 6.45) is 0.218. The molecule has 0 aliphatic heterocycles. The van der Waals surface area contributed by atoms with Gasteiger partial charge in [-0.1, -0.05) is 23.4 Å². The number of nitrogens with one attached hydrogen (secondary N) is 1. The lowest BCUT2D eigenvalue weighted by Gasteiger charge is -2.18. The number of carbonyl (C=O) groups is 2. The van der Waals surface area contributed by atoms with Gasteiger partial charge in [-0.2, -0.15) is 4.98 Å². The molecule has 1 N–H and O–H groups in total. The van der Waals surface area contributed by atoms with Crippen molar-refractivity contribution in [1.29, 1.82) is 0 Å². The highest BCUT2D eigenvalue weighted by Gasteiger charge is 2.16. The van der Waals surface area contributed by atoms with Gasteiger partial charge in [-0.05, 0) is 18.6 Å². The molecule has 0 unspecified atom stereocenters. The predicted octanol–water partition coefficient (Wildman–Crippen LogP) is 1.67. The van der Waals surface area contributed by atoms with Gasteiger partial charge in [0.25, 0.3) is 0 Å². The van der Waals surface area contributed by atoms with Crippen LogP contribution in [0.15, 0.2) is 28.8 Å². The number of rotatable bonds is 5. The first kappa shape index (κ1) is 17.5. The molecular weight excluding hydrogens is 310 g/mol. The molecule has 0 radical (unpaired) electrons. The van der Waals surface area contributed by atoms with Crippen molar-refractivity contribution in [3.05, 3.63) is 41.5 Å². The Morgan fingerprint density at radius 2 is 1.92 bits per heavy atom. The fourth-order valence-corrected chi connectivity index (χ4v) is 2.01. The quantitative estimate of drug-likeness (QED) is 0.900. The number of para-hydroxylation sites is 1. The van der Waals surface area contributed by atoms with Crippen molar-refractivity contribution >= 4 is 17.6 Å². The molecule has 1 heterocycles. The Morgan fingerprint density at radius 3 is 2.54 bits per heavy atom. The van der Waals surface area contributed by atoms with Crippen molar-refractivity contribution in [3.63, 3.8) is 0 Å². The minimum Gasteiger partial charge on any atom is -0.349 e. The minimum atomic E-state index is -0.324. The summed E-state index contributed by atoms with van der Waals surface area (Å²) in [5.74, 6) is 0.846. The van der Waals surface area contributed by atoms with Crippen molar-refractivity contribution in [2.75, 3.05) is 26.5 Å². The Balaban J connectivity index is 2.04. The highest BCUT2D eigenvalue weighted by Crippen LogP contribution is 2.17. The van der Waals surface area contributed by atoms with Gasteiger partial charge in [0.15, 0.2) is 5.82 Å². The molecule has 128 valence electrons. The number of hydrogen-bond acceptors (Lipinski definition) is 5. The van der Waals surface area contributed by atoms with E-state index in [1.54, 1.807) is 40.2 Å². The number of amides is 3. The van der Waals surface area contributed by atoms with Crippen LogP contribution in [0, 0.1) is 6.92 Å². The maximum Gasteiger partial charge on any atom is 0.322 e. The molecular formula is C16H21N5O3. The van der Waals surface area contributed by atoms with E-state index in [4.69, 9.17) is 4.52 Å². The minimum absolute atomic E-state index is 0.0358. The summed E-state index contributed by atoms with van der Waals surface area (Å²) in [6, 6.07) is 6.90. The zero-order valence-corrected chi connectivity index (χ0v) is 14.2. The molecule has 0 fully saturated rings. The van der Waals surface area contributed by atoms with Crippen LogP contribution >= 0.6 is 0 Å². The second kappa shape index (κ2) is 7.58. The van der Waals surface area contributed by atoms with Gasteiger partial charge in [-0.15, -0.1) is 0 Å². The molecule has 0 spiro atoms. The lowest BCUT2D eigenvalue weighted by atomic mass is 10.1. The number of carbonyl (C=O) groups excluding carboxylic acids is 2. The van der Waals surface area contributed by atoms with Crippen LogP contribution in [0.5, 0.6) is 0 Å². The smallest absolute Gasteiger partial charge is 0.322 e. The SMILES string of the molecule is Cc1noc(CN(C)C(=O)Nc2ccccc2CC(=O)N(C)C)n1. The molecule has 1 aromatic carbocycles. The standard InChI is InChI=1S/C16H21N5O3/c1-11-17-14(24-19-11)10-21(4)16(23)18-13-8-6-5-7-12(13)9-15(22)20(2)3/h5-8H,9-10H2,1-4H3,(H,18,23). The molecule has 8 heteroatoms. The summed E-state index contributed by atoms with van der Waals surface area (Å²) in [7, 11) is 5.02. The third-order valence-corrected chi connectivity index (χ3v) is 3.39. The van der Waals surface area contributed by atoms with E-state index >= 15 is 0 Å². The van der Waals surface area contributed by atoms with Gasteiger partial charge < -0.3 is 19.6 Å². The van der Waals surface area contributed by atoms with E-state index in [0.29, 0.717) is 17.4 Å². The second-order valence-corrected chi connectivity index (χ2v) is 5.64. The first-order valence-corrected chi connectivity index (χ1v) is 7.46. The van der Waals surface area contributed by atoms with Crippen LogP contribution in [0.3, 0.4) is 0 Å². The molecule has 0 aliphatic carbocycles. The predicted molar refractivity (Wildman–Crippen MR) is 88.4 cm³/mol. The molecule has 3 amide bonds. The van der Waals surface area contributed by atoms with Gasteiger partial charge >= 0.3 is 6.03 Å². The van der Waals surface area contributed by atoms with E-state index in [2.05, 4.69) is 15.5 Å². The number of aryl methyl sites for hydroxylation is 1. The van der Waals surface area contributed by atoms with Crippen molar-refractivity contribution in [1.82, 2.24) is 19.9 Å². The van der Waals surface area contributed by atoms with E-state index in [1.807, 2.05) is 12.1 Å². The van der Waals surface area contributed by atoms with Gasteiger partial charge in [0.2, 0.25) is 11.8 Å². The van der Waals surface area contributed by atoms with Crippen LogP contribution in [0.1, 0.15) is 17.3 Å². The van der Waals surface area contributed by atoms with Gasteiger partial charge in [0.05, 0.1) is 6.42 Å². The molecule has 2 rings (SSSR count). The van der Waals surface area contributed by atoms with Crippen LogP contribution < -0.4 is 5.32 Å². The van der Waals surface area contributed by atoms with Crippen LogP contribution in [0.2, 0.25) is 0 Å². The van der Waals surface area contributed by atoms with Crippen LogP contribution in [0.25, 0.3) is 0 Å².